The van der Waals surface area contributed by atoms with E-state index in [4.69, 9.17) is 0 Å². The minimum Gasteiger partial charge on any atom is -0.389 e. The molecule has 1 aliphatic heterocycles. The average Bonchev–Trinajstić information content (AvgIpc) is 2.46. The summed E-state index contributed by atoms with van der Waals surface area (Å²) in [4.78, 5) is 2.60. The molecule has 0 amide bonds. The van der Waals surface area contributed by atoms with Crippen LogP contribution in [0, 0.1) is 11.8 Å². The highest BCUT2D eigenvalue weighted by Crippen LogP contribution is 2.32. The van der Waals surface area contributed by atoms with E-state index in [-0.39, 0.29) is 0 Å². The Morgan fingerprint density at radius 3 is 2.62 bits per heavy atom. The largest absolute Gasteiger partial charge is 0.389 e. The van der Waals surface area contributed by atoms with Crippen molar-refractivity contribution in [2.24, 2.45) is 11.8 Å². The van der Waals surface area contributed by atoms with Crippen molar-refractivity contribution in [1.29, 1.82) is 0 Å². The van der Waals surface area contributed by atoms with Crippen LogP contribution in [0.5, 0.6) is 0 Å². The van der Waals surface area contributed by atoms with Crippen molar-refractivity contribution < 1.29 is 5.11 Å². The van der Waals surface area contributed by atoms with Gasteiger partial charge in [0.25, 0.3) is 0 Å². The van der Waals surface area contributed by atoms with E-state index in [1.54, 1.807) is 0 Å². The van der Waals surface area contributed by atoms with Crippen molar-refractivity contribution in [3.63, 3.8) is 0 Å². The molecular formula is C18H36N2O. The maximum atomic E-state index is 10.7. The van der Waals surface area contributed by atoms with Crippen LogP contribution < -0.4 is 5.32 Å². The predicted octanol–water partition coefficient (Wildman–Crippen LogP) is 3.03. The highest BCUT2D eigenvalue weighted by atomic mass is 16.3. The molecular weight excluding hydrogens is 260 g/mol. The lowest BCUT2D eigenvalue weighted by molar-refractivity contribution is -0.0155. The van der Waals surface area contributed by atoms with Gasteiger partial charge in [-0.15, -0.1) is 0 Å². The SMILES string of the molecule is CCCN1CCC(C(C)NCC2(O)CCCC(C)C2)CC1. The van der Waals surface area contributed by atoms with Crippen LogP contribution in [-0.4, -0.2) is 47.8 Å². The van der Waals surface area contributed by atoms with E-state index in [1.807, 2.05) is 0 Å². The minimum atomic E-state index is -0.450. The van der Waals surface area contributed by atoms with Gasteiger partial charge in [-0.1, -0.05) is 26.7 Å². The van der Waals surface area contributed by atoms with E-state index < -0.39 is 5.60 Å². The molecule has 0 aromatic heterocycles. The van der Waals surface area contributed by atoms with Gasteiger partial charge in [-0.25, -0.2) is 0 Å². The molecule has 1 saturated heterocycles. The van der Waals surface area contributed by atoms with Gasteiger partial charge in [0.15, 0.2) is 0 Å². The maximum absolute atomic E-state index is 10.7. The number of nitrogens with zero attached hydrogens (tertiary/aromatic N) is 1. The number of aliphatic hydroxyl groups is 1. The van der Waals surface area contributed by atoms with Crippen molar-refractivity contribution in [3.05, 3.63) is 0 Å². The fourth-order valence-corrected chi connectivity index (χ4v) is 4.30. The lowest BCUT2D eigenvalue weighted by Gasteiger charge is -2.39. The molecule has 1 aliphatic carbocycles. The molecule has 1 saturated carbocycles. The van der Waals surface area contributed by atoms with Gasteiger partial charge in [-0.2, -0.15) is 0 Å². The molecule has 21 heavy (non-hydrogen) atoms. The van der Waals surface area contributed by atoms with E-state index in [0.717, 1.165) is 25.3 Å². The zero-order chi connectivity index (χ0) is 15.3. The zero-order valence-electron chi connectivity index (χ0n) is 14.4. The predicted molar refractivity (Wildman–Crippen MR) is 89.5 cm³/mol. The monoisotopic (exact) mass is 296 g/mol. The van der Waals surface area contributed by atoms with Crippen molar-refractivity contribution in [3.8, 4) is 0 Å². The molecule has 0 spiro atoms. The molecule has 2 fully saturated rings. The summed E-state index contributed by atoms with van der Waals surface area (Å²) in [5.74, 6) is 1.46. The number of hydrogen-bond donors (Lipinski definition) is 2. The van der Waals surface area contributed by atoms with Crippen LogP contribution in [0.1, 0.15) is 65.7 Å². The summed E-state index contributed by atoms with van der Waals surface area (Å²) in [6.07, 6.45) is 8.31. The molecule has 3 atom stereocenters. The Morgan fingerprint density at radius 2 is 2.00 bits per heavy atom. The fraction of sp³-hybridized carbons (Fsp3) is 1.00. The Bertz CT molecular complexity index is 302. The molecule has 124 valence electrons. The van der Waals surface area contributed by atoms with Crippen molar-refractivity contribution >= 4 is 0 Å². The van der Waals surface area contributed by atoms with Crippen LogP contribution in [0.25, 0.3) is 0 Å². The Balaban J connectivity index is 1.71. The first kappa shape index (κ1) is 17.2. The summed E-state index contributed by atoms with van der Waals surface area (Å²) in [6.45, 7) is 11.4. The van der Waals surface area contributed by atoms with Crippen LogP contribution in [-0.2, 0) is 0 Å². The van der Waals surface area contributed by atoms with Crippen LogP contribution in [0.4, 0.5) is 0 Å². The number of rotatable bonds is 6. The van der Waals surface area contributed by atoms with Gasteiger partial charge >= 0.3 is 0 Å². The average molecular weight is 296 g/mol. The van der Waals surface area contributed by atoms with Crippen LogP contribution in [0.3, 0.4) is 0 Å². The standard InChI is InChI=1S/C18H36N2O/c1-4-10-20-11-7-17(8-12-20)16(3)19-14-18(21)9-5-6-15(2)13-18/h15-17,19,21H,4-14H2,1-3H3. The highest BCUT2D eigenvalue weighted by Gasteiger charge is 2.33. The number of likely N-dealkylation sites (tertiary alicyclic amines) is 1. The molecule has 2 rings (SSSR count). The summed E-state index contributed by atoms with van der Waals surface area (Å²) in [5.41, 5.74) is -0.450. The van der Waals surface area contributed by atoms with E-state index in [2.05, 4.69) is 31.0 Å². The second-order valence-electron chi connectivity index (χ2n) is 7.77. The van der Waals surface area contributed by atoms with Gasteiger partial charge in [-0.05, 0) is 70.5 Å². The molecule has 3 nitrogen and oxygen atoms in total. The van der Waals surface area contributed by atoms with Crippen LogP contribution in [0.2, 0.25) is 0 Å². The van der Waals surface area contributed by atoms with Gasteiger partial charge in [0.1, 0.15) is 0 Å². The molecule has 1 heterocycles. The smallest absolute Gasteiger partial charge is 0.0774 e. The number of hydrogen-bond acceptors (Lipinski definition) is 3. The Kier molecular flexibility index (Phi) is 6.51. The van der Waals surface area contributed by atoms with Crippen molar-refractivity contribution in [2.45, 2.75) is 77.4 Å². The maximum Gasteiger partial charge on any atom is 0.0774 e. The Hall–Kier alpha value is -0.120. The first-order chi connectivity index (χ1) is 10.0. The minimum absolute atomic E-state index is 0.450. The summed E-state index contributed by atoms with van der Waals surface area (Å²) in [7, 11) is 0. The Labute approximate surface area is 131 Å². The normalized spacial score (nSPS) is 34.0. The van der Waals surface area contributed by atoms with Crippen molar-refractivity contribution in [1.82, 2.24) is 10.2 Å². The summed E-state index contributed by atoms with van der Waals surface area (Å²) in [6, 6.07) is 0.537. The van der Waals surface area contributed by atoms with Gasteiger partial charge in [-0.3, -0.25) is 0 Å². The number of piperidine rings is 1. The second kappa shape index (κ2) is 7.94. The van der Waals surface area contributed by atoms with E-state index in [9.17, 15) is 5.11 Å². The molecule has 2 aliphatic rings. The first-order valence-electron chi connectivity index (χ1n) is 9.20. The van der Waals surface area contributed by atoms with E-state index in [1.165, 1.54) is 51.7 Å². The van der Waals surface area contributed by atoms with E-state index >= 15 is 0 Å². The third-order valence-electron chi connectivity index (χ3n) is 5.70. The van der Waals surface area contributed by atoms with Gasteiger partial charge in [0.05, 0.1) is 5.60 Å². The topological polar surface area (TPSA) is 35.5 Å². The molecule has 0 aromatic carbocycles. The molecule has 0 aromatic rings. The second-order valence-corrected chi connectivity index (χ2v) is 7.77. The Morgan fingerprint density at radius 1 is 1.29 bits per heavy atom. The lowest BCUT2D eigenvalue weighted by atomic mass is 9.78. The third-order valence-corrected chi connectivity index (χ3v) is 5.70. The van der Waals surface area contributed by atoms with Crippen molar-refractivity contribution in [2.75, 3.05) is 26.2 Å². The molecule has 0 bridgehead atoms. The number of nitrogens with one attached hydrogen (secondary N) is 1. The quantitative estimate of drug-likeness (QED) is 0.791. The summed E-state index contributed by atoms with van der Waals surface area (Å²) in [5, 5.41) is 14.4. The molecule has 2 N–H and O–H groups in total. The highest BCUT2D eigenvalue weighted by molar-refractivity contribution is 4.89. The molecule has 0 radical (unpaired) electrons. The lowest BCUT2D eigenvalue weighted by Crippen LogP contribution is -2.49. The van der Waals surface area contributed by atoms with Crippen LogP contribution in [0.15, 0.2) is 0 Å². The zero-order valence-corrected chi connectivity index (χ0v) is 14.4. The fourth-order valence-electron chi connectivity index (χ4n) is 4.30. The molecule has 3 heteroatoms. The third kappa shape index (κ3) is 5.22. The van der Waals surface area contributed by atoms with E-state index in [0.29, 0.717) is 12.0 Å². The van der Waals surface area contributed by atoms with Crippen LogP contribution >= 0.6 is 0 Å². The summed E-state index contributed by atoms with van der Waals surface area (Å²) >= 11 is 0. The molecule has 3 unspecified atom stereocenters. The van der Waals surface area contributed by atoms with Gasteiger partial charge in [0.2, 0.25) is 0 Å². The first-order valence-corrected chi connectivity index (χ1v) is 9.20. The van der Waals surface area contributed by atoms with Gasteiger partial charge in [0, 0.05) is 12.6 Å². The van der Waals surface area contributed by atoms with Gasteiger partial charge < -0.3 is 15.3 Å². The summed E-state index contributed by atoms with van der Waals surface area (Å²) < 4.78 is 0.